The molecule has 0 spiro atoms. The van der Waals surface area contributed by atoms with E-state index >= 15 is 0 Å². The molecule has 3 heterocycles. The number of hydrogen-bond donors (Lipinski definition) is 0. The van der Waals surface area contributed by atoms with E-state index in [0.717, 1.165) is 42.8 Å². The molecule has 1 fully saturated rings. The zero-order valence-corrected chi connectivity index (χ0v) is 14.5. The molecule has 2 aromatic heterocycles. The van der Waals surface area contributed by atoms with E-state index < -0.39 is 17.7 Å². The SMILES string of the molecule is Cc1nc(N2CCC(Cn3cnc(C(F)F)cc3=O)CC2)sc1C. The maximum Gasteiger partial charge on any atom is 0.280 e. The van der Waals surface area contributed by atoms with Crippen molar-refractivity contribution < 1.29 is 8.78 Å². The predicted octanol–water partition coefficient (Wildman–Crippen LogP) is 3.17. The van der Waals surface area contributed by atoms with E-state index in [9.17, 15) is 13.6 Å². The Hall–Kier alpha value is -1.83. The summed E-state index contributed by atoms with van der Waals surface area (Å²) in [7, 11) is 0. The quantitative estimate of drug-likeness (QED) is 0.846. The van der Waals surface area contributed by atoms with Crippen LogP contribution in [0.2, 0.25) is 0 Å². The van der Waals surface area contributed by atoms with Crippen LogP contribution in [0.4, 0.5) is 13.9 Å². The summed E-state index contributed by atoms with van der Waals surface area (Å²) in [4.78, 5) is 23.7. The van der Waals surface area contributed by atoms with Crippen molar-refractivity contribution in [3.8, 4) is 0 Å². The molecule has 0 saturated carbocycles. The van der Waals surface area contributed by atoms with Gasteiger partial charge in [0.2, 0.25) is 0 Å². The van der Waals surface area contributed by atoms with Crippen molar-refractivity contribution in [2.24, 2.45) is 5.92 Å². The highest BCUT2D eigenvalue weighted by Gasteiger charge is 2.22. The summed E-state index contributed by atoms with van der Waals surface area (Å²) in [6.07, 6.45) is 0.423. The number of alkyl halides is 2. The number of anilines is 1. The molecular weight excluding hydrogens is 334 g/mol. The van der Waals surface area contributed by atoms with E-state index in [2.05, 4.69) is 21.8 Å². The first kappa shape index (κ1) is 17.0. The molecule has 0 aromatic carbocycles. The second-order valence-corrected chi connectivity index (χ2v) is 7.36. The Morgan fingerprint density at radius 1 is 1.33 bits per heavy atom. The summed E-state index contributed by atoms with van der Waals surface area (Å²) in [5.74, 6) is 0.348. The van der Waals surface area contributed by atoms with Crippen LogP contribution in [0.25, 0.3) is 0 Å². The minimum atomic E-state index is -2.71. The standard InChI is InChI=1S/C16H20F2N4OS/c1-10-11(2)24-16(20-10)21-5-3-12(4-6-21)8-22-9-19-13(15(17)18)7-14(22)23/h7,9,12,15H,3-6,8H2,1-2H3. The highest BCUT2D eigenvalue weighted by atomic mass is 32.1. The molecule has 0 aliphatic carbocycles. The largest absolute Gasteiger partial charge is 0.348 e. The molecule has 1 aliphatic heterocycles. The molecule has 130 valence electrons. The van der Waals surface area contributed by atoms with Gasteiger partial charge in [-0.1, -0.05) is 0 Å². The Morgan fingerprint density at radius 3 is 2.58 bits per heavy atom. The Balaban J connectivity index is 1.60. The van der Waals surface area contributed by atoms with Gasteiger partial charge >= 0.3 is 0 Å². The van der Waals surface area contributed by atoms with E-state index in [0.29, 0.717) is 12.5 Å². The topological polar surface area (TPSA) is 51.0 Å². The molecule has 0 atom stereocenters. The van der Waals surface area contributed by atoms with Crippen LogP contribution < -0.4 is 10.5 Å². The Morgan fingerprint density at radius 2 is 2.04 bits per heavy atom. The van der Waals surface area contributed by atoms with Crippen LogP contribution in [0.15, 0.2) is 17.2 Å². The van der Waals surface area contributed by atoms with Crippen LogP contribution in [0.5, 0.6) is 0 Å². The zero-order chi connectivity index (χ0) is 17.3. The number of rotatable bonds is 4. The summed E-state index contributed by atoms with van der Waals surface area (Å²) in [6.45, 7) is 6.41. The van der Waals surface area contributed by atoms with Crippen LogP contribution in [0, 0.1) is 19.8 Å². The van der Waals surface area contributed by atoms with Gasteiger partial charge in [0.25, 0.3) is 12.0 Å². The number of nitrogens with zero attached hydrogens (tertiary/aromatic N) is 4. The maximum absolute atomic E-state index is 12.6. The summed E-state index contributed by atoms with van der Waals surface area (Å²) in [5.41, 5.74) is 0.211. The molecule has 0 N–H and O–H groups in total. The number of halogens is 2. The zero-order valence-electron chi connectivity index (χ0n) is 13.7. The maximum atomic E-state index is 12.6. The summed E-state index contributed by atoms with van der Waals surface area (Å²) >= 11 is 1.71. The minimum Gasteiger partial charge on any atom is -0.348 e. The van der Waals surface area contributed by atoms with E-state index in [1.807, 2.05) is 6.92 Å². The van der Waals surface area contributed by atoms with E-state index in [1.165, 1.54) is 15.8 Å². The van der Waals surface area contributed by atoms with Crippen molar-refractivity contribution in [1.29, 1.82) is 0 Å². The number of thiazole rings is 1. The minimum absolute atomic E-state index is 0.348. The Bertz CT molecular complexity index is 746. The molecule has 0 bridgehead atoms. The van der Waals surface area contributed by atoms with Crippen molar-refractivity contribution >= 4 is 16.5 Å². The average Bonchev–Trinajstić information content (AvgIpc) is 2.89. The van der Waals surface area contributed by atoms with Gasteiger partial charge in [0.1, 0.15) is 5.69 Å². The van der Waals surface area contributed by atoms with Gasteiger partial charge < -0.3 is 4.90 Å². The second kappa shape index (κ2) is 6.96. The normalized spacial score (nSPS) is 16.1. The van der Waals surface area contributed by atoms with Crippen LogP contribution in [-0.4, -0.2) is 27.6 Å². The van der Waals surface area contributed by atoms with Crippen molar-refractivity contribution in [1.82, 2.24) is 14.5 Å². The third-order valence-corrected chi connectivity index (χ3v) is 5.62. The fourth-order valence-corrected chi connectivity index (χ4v) is 3.83. The third-order valence-electron chi connectivity index (χ3n) is 4.48. The van der Waals surface area contributed by atoms with Gasteiger partial charge in [-0.05, 0) is 32.6 Å². The smallest absolute Gasteiger partial charge is 0.280 e. The van der Waals surface area contributed by atoms with Crippen LogP contribution in [0.3, 0.4) is 0 Å². The molecule has 0 radical (unpaired) electrons. The average molecular weight is 354 g/mol. The first-order valence-corrected chi connectivity index (χ1v) is 8.79. The Labute approximate surface area is 143 Å². The van der Waals surface area contributed by atoms with Crippen molar-refractivity contribution in [3.05, 3.63) is 39.0 Å². The first-order valence-electron chi connectivity index (χ1n) is 7.97. The van der Waals surface area contributed by atoms with Gasteiger partial charge in [0.15, 0.2) is 5.13 Å². The number of hydrogen-bond acceptors (Lipinski definition) is 5. The number of aryl methyl sites for hydroxylation is 2. The summed E-state index contributed by atoms with van der Waals surface area (Å²) in [6, 6.07) is 0.931. The fraction of sp³-hybridized carbons (Fsp3) is 0.562. The summed E-state index contributed by atoms with van der Waals surface area (Å²) < 4.78 is 26.5. The predicted molar refractivity (Wildman–Crippen MR) is 90.0 cm³/mol. The molecular formula is C16H20F2N4OS. The highest BCUT2D eigenvalue weighted by Crippen LogP contribution is 2.29. The molecule has 8 heteroatoms. The lowest BCUT2D eigenvalue weighted by atomic mass is 9.97. The molecule has 3 rings (SSSR count). The molecule has 1 aliphatic rings. The van der Waals surface area contributed by atoms with Gasteiger partial charge in [-0.15, -0.1) is 11.3 Å². The second-order valence-electron chi connectivity index (χ2n) is 6.17. The molecule has 1 saturated heterocycles. The molecule has 2 aromatic rings. The van der Waals surface area contributed by atoms with Gasteiger partial charge in [-0.2, -0.15) is 0 Å². The van der Waals surface area contributed by atoms with Crippen LogP contribution in [0.1, 0.15) is 35.5 Å². The molecule has 0 amide bonds. The van der Waals surface area contributed by atoms with E-state index in [-0.39, 0.29) is 0 Å². The number of aromatic nitrogens is 3. The summed E-state index contributed by atoms with van der Waals surface area (Å²) in [5, 5.41) is 1.06. The lowest BCUT2D eigenvalue weighted by Gasteiger charge is -2.31. The van der Waals surface area contributed by atoms with E-state index in [4.69, 9.17) is 0 Å². The van der Waals surface area contributed by atoms with Crippen LogP contribution >= 0.6 is 11.3 Å². The first-order chi connectivity index (χ1) is 11.4. The lowest BCUT2D eigenvalue weighted by Crippen LogP contribution is -2.36. The monoisotopic (exact) mass is 354 g/mol. The highest BCUT2D eigenvalue weighted by molar-refractivity contribution is 7.15. The fourth-order valence-electron chi connectivity index (χ4n) is 2.87. The molecule has 5 nitrogen and oxygen atoms in total. The number of piperidine rings is 1. The van der Waals surface area contributed by atoms with Gasteiger partial charge in [-0.3, -0.25) is 9.36 Å². The van der Waals surface area contributed by atoms with Gasteiger partial charge in [0.05, 0.1) is 12.0 Å². The van der Waals surface area contributed by atoms with Crippen LogP contribution in [-0.2, 0) is 6.54 Å². The molecule has 0 unspecified atom stereocenters. The Kier molecular flexibility index (Phi) is 4.93. The molecule has 24 heavy (non-hydrogen) atoms. The van der Waals surface area contributed by atoms with Crippen molar-refractivity contribution in [2.75, 3.05) is 18.0 Å². The van der Waals surface area contributed by atoms with Gasteiger partial charge in [0, 0.05) is 30.6 Å². The van der Waals surface area contributed by atoms with Crippen molar-refractivity contribution in [3.63, 3.8) is 0 Å². The van der Waals surface area contributed by atoms with Gasteiger partial charge in [-0.25, -0.2) is 18.7 Å². The van der Waals surface area contributed by atoms with E-state index in [1.54, 1.807) is 11.3 Å². The lowest BCUT2D eigenvalue weighted by molar-refractivity contribution is 0.145. The third kappa shape index (κ3) is 3.63. The van der Waals surface area contributed by atoms with Crippen molar-refractivity contribution in [2.45, 2.75) is 39.7 Å².